The Morgan fingerprint density at radius 1 is 1.12 bits per heavy atom. The van der Waals surface area contributed by atoms with Crippen LogP contribution in [0.15, 0.2) is 42.6 Å². The quantitative estimate of drug-likeness (QED) is 0.551. The lowest BCUT2D eigenvalue weighted by Gasteiger charge is -2.20. The lowest BCUT2D eigenvalue weighted by atomic mass is 9.97. The first-order valence-electron chi connectivity index (χ1n) is 10.6. The molecule has 10 heteroatoms. The molecule has 2 aromatic heterocycles. The van der Waals surface area contributed by atoms with Gasteiger partial charge in [0.15, 0.2) is 11.5 Å². The zero-order chi connectivity index (χ0) is 23.3. The monoisotopic (exact) mass is 460 g/mol. The molecule has 0 saturated heterocycles. The van der Waals surface area contributed by atoms with Gasteiger partial charge >= 0.3 is 6.18 Å². The van der Waals surface area contributed by atoms with Crippen LogP contribution in [0.3, 0.4) is 0 Å². The predicted molar refractivity (Wildman–Crippen MR) is 111 cm³/mol. The summed E-state index contributed by atoms with van der Waals surface area (Å²) >= 11 is 0. The second-order valence-electron chi connectivity index (χ2n) is 8.67. The molecule has 2 fully saturated rings. The number of rotatable bonds is 5. The summed E-state index contributed by atoms with van der Waals surface area (Å²) < 4.78 is 57.6. The van der Waals surface area contributed by atoms with Crippen molar-refractivity contribution < 1.29 is 27.1 Å². The highest BCUT2D eigenvalue weighted by Gasteiger charge is 2.59. The lowest BCUT2D eigenvalue weighted by Crippen LogP contribution is -2.26. The number of ether oxygens (including phenoxy) is 1. The van der Waals surface area contributed by atoms with Gasteiger partial charge in [-0.15, -0.1) is 10.2 Å². The molecule has 6 nitrogen and oxygen atoms in total. The van der Waals surface area contributed by atoms with E-state index in [1.807, 2.05) is 6.92 Å². The molecule has 2 heterocycles. The van der Waals surface area contributed by atoms with E-state index in [9.17, 15) is 22.4 Å². The highest BCUT2D eigenvalue weighted by atomic mass is 19.4. The maximum atomic E-state index is 13.7. The number of nitrogens with zero attached hydrogens (tertiary/aromatic N) is 3. The van der Waals surface area contributed by atoms with Gasteiger partial charge in [-0.05, 0) is 67.0 Å². The Morgan fingerprint density at radius 2 is 1.88 bits per heavy atom. The molecule has 1 amide bonds. The van der Waals surface area contributed by atoms with Crippen LogP contribution in [0.5, 0.6) is 5.75 Å². The van der Waals surface area contributed by atoms with E-state index < -0.39 is 11.9 Å². The number of fused-ring (bicyclic) bond motifs is 2. The Morgan fingerprint density at radius 3 is 2.55 bits per heavy atom. The molecule has 5 atom stereocenters. The van der Waals surface area contributed by atoms with Crippen LogP contribution in [0.1, 0.15) is 25.5 Å². The number of anilines is 1. The summed E-state index contributed by atoms with van der Waals surface area (Å²) in [5.41, 5.74) is -0.451. The highest BCUT2D eigenvalue weighted by Crippen LogP contribution is 2.61. The van der Waals surface area contributed by atoms with E-state index >= 15 is 0 Å². The number of halogens is 4. The van der Waals surface area contributed by atoms with Gasteiger partial charge in [0.05, 0.1) is 11.6 Å². The van der Waals surface area contributed by atoms with Crippen LogP contribution in [-0.4, -0.2) is 27.2 Å². The van der Waals surface area contributed by atoms with Gasteiger partial charge < -0.3 is 10.1 Å². The van der Waals surface area contributed by atoms with Gasteiger partial charge in [-0.25, -0.2) is 4.39 Å². The van der Waals surface area contributed by atoms with Crippen LogP contribution < -0.4 is 10.1 Å². The fourth-order valence-electron chi connectivity index (χ4n) is 5.02. The number of nitrogens with one attached hydrogen (secondary N) is 1. The van der Waals surface area contributed by atoms with Crippen LogP contribution in [0.25, 0.3) is 10.9 Å². The first-order valence-corrected chi connectivity index (χ1v) is 10.6. The molecule has 33 heavy (non-hydrogen) atoms. The minimum atomic E-state index is -4.58. The third kappa shape index (κ3) is 4.21. The number of amides is 1. The minimum Gasteiger partial charge on any atom is -0.490 e. The second-order valence-corrected chi connectivity index (χ2v) is 8.67. The zero-order valence-corrected chi connectivity index (χ0v) is 17.5. The summed E-state index contributed by atoms with van der Waals surface area (Å²) in [5.74, 6) is 0.458. The zero-order valence-electron chi connectivity index (χ0n) is 17.5. The molecule has 0 bridgehead atoms. The van der Waals surface area contributed by atoms with E-state index in [0.29, 0.717) is 28.5 Å². The van der Waals surface area contributed by atoms with E-state index in [2.05, 4.69) is 20.5 Å². The molecule has 5 rings (SSSR count). The number of aromatic nitrogens is 3. The lowest BCUT2D eigenvalue weighted by molar-refractivity contribution is -0.141. The smallest absolute Gasteiger partial charge is 0.435 e. The Kier molecular flexibility index (Phi) is 5.18. The van der Waals surface area contributed by atoms with Gasteiger partial charge in [0, 0.05) is 17.5 Å². The molecule has 172 valence electrons. The normalized spacial score (nSPS) is 24.9. The summed E-state index contributed by atoms with van der Waals surface area (Å²) in [4.78, 5) is 16.8. The standard InChI is InChI=1S/C23H20F4N4O2/c1-11(22(32)29-20-5-4-19(30-31-20)23(25,26)27)21-14-9-13(10-15(14)21)33-18-6-7-28-17-3-2-12(24)8-16(17)18/h2-8,11,13-15,21H,9-10H2,1H3,(H,29,31,32)/t11?,13-,14-,15+,21-. The number of hydrogen-bond acceptors (Lipinski definition) is 5. The van der Waals surface area contributed by atoms with Gasteiger partial charge in [0.2, 0.25) is 5.91 Å². The maximum Gasteiger partial charge on any atom is 0.435 e. The van der Waals surface area contributed by atoms with Crippen molar-refractivity contribution in [3.8, 4) is 5.75 Å². The molecule has 1 unspecified atom stereocenters. The van der Waals surface area contributed by atoms with Crippen molar-refractivity contribution in [2.45, 2.75) is 32.0 Å². The maximum absolute atomic E-state index is 13.7. The fourth-order valence-corrected chi connectivity index (χ4v) is 5.02. The van der Waals surface area contributed by atoms with Crippen LogP contribution in [-0.2, 0) is 11.0 Å². The molecule has 3 aromatic rings. The van der Waals surface area contributed by atoms with Gasteiger partial charge in [-0.2, -0.15) is 13.2 Å². The van der Waals surface area contributed by atoms with Crippen molar-refractivity contribution in [3.63, 3.8) is 0 Å². The number of pyridine rings is 1. The average Bonchev–Trinajstić information content (AvgIpc) is 3.27. The second kappa shape index (κ2) is 7.93. The van der Waals surface area contributed by atoms with Crippen LogP contribution in [0.2, 0.25) is 0 Å². The number of benzene rings is 1. The molecule has 0 aliphatic heterocycles. The van der Waals surface area contributed by atoms with E-state index in [1.54, 1.807) is 18.3 Å². The van der Waals surface area contributed by atoms with Crippen molar-refractivity contribution in [3.05, 3.63) is 54.1 Å². The number of carbonyl (C=O) groups is 1. The largest absolute Gasteiger partial charge is 0.490 e. The molecule has 0 spiro atoms. The third-order valence-corrected chi connectivity index (χ3v) is 6.62. The Bertz CT molecular complexity index is 1190. The van der Waals surface area contributed by atoms with Crippen LogP contribution in [0, 0.1) is 29.5 Å². The van der Waals surface area contributed by atoms with Crippen molar-refractivity contribution in [1.82, 2.24) is 15.2 Å². The molecule has 2 aliphatic rings. The first kappa shape index (κ1) is 21.5. The SMILES string of the molecule is CC(C(=O)Nc1ccc(C(F)(F)F)nn1)[C@@H]1[C@@H]2C[C@@H](Oc3ccnc4ccc(F)cc34)C[C@@H]21. The molecular formula is C23H20F4N4O2. The number of hydrogen-bond donors (Lipinski definition) is 1. The highest BCUT2D eigenvalue weighted by molar-refractivity contribution is 5.91. The molecule has 2 saturated carbocycles. The summed E-state index contributed by atoms with van der Waals surface area (Å²) in [7, 11) is 0. The van der Waals surface area contributed by atoms with Crippen molar-refractivity contribution >= 4 is 22.6 Å². The van der Waals surface area contributed by atoms with Gasteiger partial charge in [0.25, 0.3) is 0 Å². The van der Waals surface area contributed by atoms with Crippen molar-refractivity contribution in [1.29, 1.82) is 0 Å². The van der Waals surface area contributed by atoms with E-state index in [0.717, 1.165) is 25.0 Å². The van der Waals surface area contributed by atoms with E-state index in [1.165, 1.54) is 12.1 Å². The summed E-state index contributed by atoms with van der Waals surface area (Å²) in [6.07, 6.45) is -1.41. The van der Waals surface area contributed by atoms with Gasteiger partial charge in [0.1, 0.15) is 11.6 Å². The number of carbonyl (C=O) groups excluding carboxylic acids is 1. The first-order chi connectivity index (χ1) is 15.7. The third-order valence-electron chi connectivity index (χ3n) is 6.62. The molecule has 1 N–H and O–H groups in total. The fraction of sp³-hybridized carbons (Fsp3) is 0.391. The van der Waals surface area contributed by atoms with Crippen LogP contribution in [0.4, 0.5) is 23.4 Å². The molecule has 2 aliphatic carbocycles. The van der Waals surface area contributed by atoms with E-state index in [4.69, 9.17) is 4.74 Å². The molecule has 0 radical (unpaired) electrons. The molecular weight excluding hydrogens is 440 g/mol. The summed E-state index contributed by atoms with van der Waals surface area (Å²) in [5, 5.41) is 9.76. The van der Waals surface area contributed by atoms with Crippen LogP contribution >= 0.6 is 0 Å². The predicted octanol–water partition coefficient (Wildman–Crippen LogP) is 4.86. The van der Waals surface area contributed by atoms with Gasteiger partial charge in [-0.1, -0.05) is 6.92 Å². The topological polar surface area (TPSA) is 77.0 Å². The average molecular weight is 460 g/mol. The van der Waals surface area contributed by atoms with E-state index in [-0.39, 0.29) is 35.5 Å². The number of alkyl halides is 3. The Hall–Kier alpha value is -3.30. The van der Waals surface area contributed by atoms with Crippen molar-refractivity contribution in [2.24, 2.45) is 23.7 Å². The summed E-state index contributed by atoms with van der Waals surface area (Å²) in [6, 6.07) is 7.99. The minimum absolute atomic E-state index is 0.0105. The van der Waals surface area contributed by atoms with Gasteiger partial charge in [-0.3, -0.25) is 9.78 Å². The Balaban J connectivity index is 1.17. The Labute approximate surface area is 186 Å². The summed E-state index contributed by atoms with van der Waals surface area (Å²) in [6.45, 7) is 1.81. The van der Waals surface area contributed by atoms with Crippen molar-refractivity contribution in [2.75, 3.05) is 5.32 Å². The molecule has 1 aromatic carbocycles.